The second-order valence-corrected chi connectivity index (χ2v) is 10.1. The Balaban J connectivity index is 1.60. The van der Waals surface area contributed by atoms with Gasteiger partial charge in [0.2, 0.25) is 0 Å². The zero-order valence-electron chi connectivity index (χ0n) is 21.5. The maximum atomic E-state index is 6.69. The maximum Gasteiger partial charge on any atom is 0.128 e. The van der Waals surface area contributed by atoms with Crippen molar-refractivity contribution in [2.24, 2.45) is 5.92 Å². The predicted octanol–water partition coefficient (Wildman–Crippen LogP) is 8.87. The zero-order chi connectivity index (χ0) is 23.3. The van der Waals surface area contributed by atoms with Gasteiger partial charge >= 0.3 is 0 Å². The zero-order valence-corrected chi connectivity index (χ0v) is 21.5. The highest BCUT2D eigenvalue weighted by Gasteiger charge is 2.25. The number of hydrogen-bond acceptors (Lipinski definition) is 3. The molecule has 3 heteroatoms. The van der Waals surface area contributed by atoms with E-state index in [1.165, 1.54) is 94.6 Å². The molecule has 3 nitrogen and oxygen atoms in total. The first-order valence-corrected chi connectivity index (χ1v) is 13.8. The quantitative estimate of drug-likeness (QED) is 0.270. The van der Waals surface area contributed by atoms with Gasteiger partial charge in [0.25, 0.3) is 0 Å². The van der Waals surface area contributed by atoms with Gasteiger partial charge in [-0.1, -0.05) is 77.7 Å². The van der Waals surface area contributed by atoms with Gasteiger partial charge in [0, 0.05) is 24.4 Å². The summed E-state index contributed by atoms with van der Waals surface area (Å²) in [6.07, 6.45) is 23.8. The van der Waals surface area contributed by atoms with Crippen molar-refractivity contribution in [1.29, 1.82) is 0 Å². The minimum absolute atomic E-state index is 0.364. The molecule has 0 N–H and O–H groups in total. The fraction of sp³-hybridized carbons (Fsp3) is 0.667. The average molecular weight is 451 g/mol. The Morgan fingerprint density at radius 3 is 2.24 bits per heavy atom. The lowest BCUT2D eigenvalue weighted by Gasteiger charge is -2.31. The van der Waals surface area contributed by atoms with Gasteiger partial charge in [-0.25, -0.2) is 9.97 Å². The van der Waals surface area contributed by atoms with E-state index in [9.17, 15) is 0 Å². The molecule has 1 fully saturated rings. The monoisotopic (exact) mass is 450 g/mol. The summed E-state index contributed by atoms with van der Waals surface area (Å²) in [6.45, 7) is 6.62. The topological polar surface area (TPSA) is 35.0 Å². The van der Waals surface area contributed by atoms with Gasteiger partial charge in [-0.05, 0) is 68.2 Å². The molecule has 0 amide bonds. The molecular weight excluding hydrogens is 404 g/mol. The van der Waals surface area contributed by atoms with E-state index in [0.29, 0.717) is 6.10 Å². The Bertz CT molecular complexity index is 795. The molecule has 3 rings (SSSR count). The van der Waals surface area contributed by atoms with Crippen LogP contribution in [0.3, 0.4) is 0 Å². The third-order valence-corrected chi connectivity index (χ3v) is 7.24. The molecule has 1 unspecified atom stereocenters. The van der Waals surface area contributed by atoms with Crippen LogP contribution in [0.1, 0.15) is 115 Å². The van der Waals surface area contributed by atoms with Gasteiger partial charge in [-0.15, -0.1) is 0 Å². The van der Waals surface area contributed by atoms with Crippen LogP contribution in [0, 0.1) is 12.8 Å². The second-order valence-electron chi connectivity index (χ2n) is 10.1. The number of aromatic nitrogens is 2. The van der Waals surface area contributed by atoms with E-state index < -0.39 is 0 Å². The summed E-state index contributed by atoms with van der Waals surface area (Å²) >= 11 is 0. The molecule has 0 radical (unpaired) electrons. The summed E-state index contributed by atoms with van der Waals surface area (Å²) in [5.41, 5.74) is 3.52. The predicted molar refractivity (Wildman–Crippen MR) is 140 cm³/mol. The molecule has 0 spiro atoms. The largest absolute Gasteiger partial charge is 0.490 e. The molecule has 1 saturated carbocycles. The van der Waals surface area contributed by atoms with Crippen molar-refractivity contribution in [2.75, 3.05) is 0 Å². The first-order valence-electron chi connectivity index (χ1n) is 13.8. The molecule has 1 heterocycles. The van der Waals surface area contributed by atoms with Crippen LogP contribution in [-0.2, 0) is 6.42 Å². The highest BCUT2D eigenvalue weighted by Crippen LogP contribution is 2.33. The van der Waals surface area contributed by atoms with Gasteiger partial charge < -0.3 is 4.74 Å². The lowest BCUT2D eigenvalue weighted by Crippen LogP contribution is -2.29. The number of rotatable bonds is 14. The summed E-state index contributed by atoms with van der Waals surface area (Å²) in [7, 11) is 0. The standard InChI is InChI=1S/C30H46N2O/c1-4-6-7-8-9-10-14-18-29(25-16-12-11-13-17-25)33-27-19-20-28(24(3)21-27)26-22-31-30(15-5-2)32-23-26/h19-23,25,29H,4-18H2,1-3H3. The highest BCUT2D eigenvalue weighted by molar-refractivity contribution is 5.66. The third-order valence-electron chi connectivity index (χ3n) is 7.24. The van der Waals surface area contributed by atoms with Crippen molar-refractivity contribution in [3.63, 3.8) is 0 Å². The van der Waals surface area contributed by atoms with E-state index in [1.807, 2.05) is 12.4 Å². The van der Waals surface area contributed by atoms with Crippen molar-refractivity contribution < 1.29 is 4.74 Å². The van der Waals surface area contributed by atoms with Crippen LogP contribution in [0.4, 0.5) is 0 Å². The van der Waals surface area contributed by atoms with Crippen LogP contribution >= 0.6 is 0 Å². The Hall–Kier alpha value is -1.90. The molecule has 1 aliphatic rings. The summed E-state index contributed by atoms with van der Waals surface area (Å²) in [5, 5.41) is 0. The van der Waals surface area contributed by atoms with Crippen molar-refractivity contribution in [3.05, 3.63) is 42.0 Å². The number of benzene rings is 1. The van der Waals surface area contributed by atoms with Crippen LogP contribution < -0.4 is 4.74 Å². The van der Waals surface area contributed by atoms with Crippen LogP contribution in [-0.4, -0.2) is 16.1 Å². The van der Waals surface area contributed by atoms with E-state index in [-0.39, 0.29) is 0 Å². The van der Waals surface area contributed by atoms with E-state index >= 15 is 0 Å². The van der Waals surface area contributed by atoms with Crippen LogP contribution in [0.25, 0.3) is 11.1 Å². The van der Waals surface area contributed by atoms with Crippen LogP contribution in [0.2, 0.25) is 0 Å². The molecule has 2 aromatic rings. The van der Waals surface area contributed by atoms with Crippen molar-refractivity contribution in [2.45, 2.75) is 123 Å². The normalized spacial score (nSPS) is 15.5. The Kier molecular flexibility index (Phi) is 11.2. The lowest BCUT2D eigenvalue weighted by molar-refractivity contribution is 0.0968. The summed E-state index contributed by atoms with van der Waals surface area (Å²) < 4.78 is 6.69. The average Bonchev–Trinajstić information content (AvgIpc) is 2.84. The summed E-state index contributed by atoms with van der Waals surface area (Å²) in [4.78, 5) is 9.08. The molecule has 0 bridgehead atoms. The van der Waals surface area contributed by atoms with Crippen molar-refractivity contribution in [1.82, 2.24) is 9.97 Å². The Morgan fingerprint density at radius 1 is 0.879 bits per heavy atom. The molecule has 182 valence electrons. The van der Waals surface area contributed by atoms with E-state index in [4.69, 9.17) is 4.74 Å². The van der Waals surface area contributed by atoms with Gasteiger partial charge in [-0.2, -0.15) is 0 Å². The number of nitrogens with zero attached hydrogens (tertiary/aromatic N) is 2. The maximum absolute atomic E-state index is 6.69. The van der Waals surface area contributed by atoms with Gasteiger partial charge in [0.15, 0.2) is 0 Å². The Morgan fingerprint density at radius 2 is 1.58 bits per heavy atom. The van der Waals surface area contributed by atoms with E-state index in [0.717, 1.165) is 35.9 Å². The van der Waals surface area contributed by atoms with Crippen LogP contribution in [0.5, 0.6) is 5.75 Å². The molecule has 0 aliphatic heterocycles. The van der Waals surface area contributed by atoms with E-state index in [1.54, 1.807) is 0 Å². The first kappa shape index (κ1) is 25.7. The van der Waals surface area contributed by atoms with Crippen LogP contribution in [0.15, 0.2) is 30.6 Å². The molecule has 33 heavy (non-hydrogen) atoms. The smallest absolute Gasteiger partial charge is 0.128 e. The third kappa shape index (κ3) is 8.43. The van der Waals surface area contributed by atoms with Crippen molar-refractivity contribution in [3.8, 4) is 16.9 Å². The molecule has 1 atom stereocenters. The van der Waals surface area contributed by atoms with Crippen molar-refractivity contribution >= 4 is 0 Å². The molecule has 1 aromatic heterocycles. The fourth-order valence-electron chi connectivity index (χ4n) is 5.25. The number of unbranched alkanes of at least 4 members (excludes halogenated alkanes) is 6. The first-order chi connectivity index (χ1) is 16.2. The Labute approximate surface area is 202 Å². The number of aryl methyl sites for hydroxylation is 2. The molecule has 1 aliphatic carbocycles. The molecule has 0 saturated heterocycles. The molecular formula is C30H46N2O. The van der Waals surface area contributed by atoms with Gasteiger partial charge in [0.1, 0.15) is 17.7 Å². The minimum Gasteiger partial charge on any atom is -0.490 e. The number of ether oxygens (including phenoxy) is 1. The highest BCUT2D eigenvalue weighted by atomic mass is 16.5. The summed E-state index contributed by atoms with van der Waals surface area (Å²) in [6, 6.07) is 6.56. The second kappa shape index (κ2) is 14.4. The van der Waals surface area contributed by atoms with Gasteiger partial charge in [-0.3, -0.25) is 0 Å². The number of hydrogen-bond donors (Lipinski definition) is 0. The SMILES string of the molecule is CCCCCCCCCC(Oc1ccc(-c2cnc(CCC)nc2)c(C)c1)C1CCCCC1. The lowest BCUT2D eigenvalue weighted by atomic mass is 9.83. The van der Waals surface area contributed by atoms with Gasteiger partial charge in [0.05, 0.1) is 0 Å². The fourth-order valence-corrected chi connectivity index (χ4v) is 5.25. The summed E-state index contributed by atoms with van der Waals surface area (Å²) in [5.74, 6) is 2.68. The molecule has 1 aromatic carbocycles. The minimum atomic E-state index is 0.364. The van der Waals surface area contributed by atoms with E-state index in [2.05, 4.69) is 48.9 Å².